The minimum atomic E-state index is 0.780. The Labute approximate surface area is 112 Å². The van der Waals surface area contributed by atoms with Gasteiger partial charge >= 0.3 is 0 Å². The molecule has 1 heterocycles. The maximum Gasteiger partial charge on any atom is 0.0995 e. The van der Waals surface area contributed by atoms with Crippen LogP contribution in [0.15, 0.2) is 41.8 Å². The van der Waals surface area contributed by atoms with E-state index in [1.54, 1.807) is 11.3 Å². The molecule has 1 aromatic heterocycles. The number of nitrogens with zero attached hydrogens (tertiary/aromatic N) is 2. The average Bonchev–Trinajstić information content (AvgIpc) is 2.91. The molecule has 0 aliphatic carbocycles. The highest BCUT2D eigenvalue weighted by molar-refractivity contribution is 7.09. The molecule has 3 heteroatoms. The highest BCUT2D eigenvalue weighted by Gasteiger charge is 2.08. The molecule has 0 saturated carbocycles. The van der Waals surface area contributed by atoms with Gasteiger partial charge in [-0.15, -0.1) is 11.3 Å². The Morgan fingerprint density at radius 1 is 1.17 bits per heavy atom. The number of hydrogen-bond donors (Lipinski definition) is 0. The first kappa shape index (κ1) is 12.8. The van der Waals surface area contributed by atoms with Crippen LogP contribution in [0.4, 0.5) is 0 Å². The summed E-state index contributed by atoms with van der Waals surface area (Å²) in [6.45, 7) is 4.92. The first-order valence-electron chi connectivity index (χ1n) is 6.06. The van der Waals surface area contributed by atoms with Crippen LogP contribution in [0.1, 0.15) is 22.9 Å². The third-order valence-corrected chi connectivity index (χ3v) is 3.80. The van der Waals surface area contributed by atoms with Crippen molar-refractivity contribution >= 4 is 11.3 Å². The van der Waals surface area contributed by atoms with E-state index in [1.165, 1.54) is 4.88 Å². The molecule has 0 atom stereocenters. The minimum Gasteiger partial charge on any atom is -0.294 e. The highest BCUT2D eigenvalue weighted by Crippen LogP contribution is 2.16. The Balaban J connectivity index is 2.08. The summed E-state index contributed by atoms with van der Waals surface area (Å²) in [5, 5.41) is 11.2. The lowest BCUT2D eigenvalue weighted by molar-refractivity contribution is 0.273. The zero-order valence-electron chi connectivity index (χ0n) is 10.5. The molecule has 0 spiro atoms. The fraction of sp³-hybridized carbons (Fsp3) is 0.267. The van der Waals surface area contributed by atoms with E-state index in [-0.39, 0.29) is 0 Å². The fourth-order valence-corrected chi connectivity index (χ4v) is 2.66. The Kier molecular flexibility index (Phi) is 4.52. The van der Waals surface area contributed by atoms with Crippen molar-refractivity contribution < 1.29 is 0 Å². The summed E-state index contributed by atoms with van der Waals surface area (Å²) in [7, 11) is 0. The molecule has 2 nitrogen and oxygen atoms in total. The molecular formula is C15H16N2S. The van der Waals surface area contributed by atoms with Crippen LogP contribution in [-0.4, -0.2) is 11.4 Å². The Bertz CT molecular complexity index is 526. The standard InChI is InChI=1S/C15H16N2S/c1-2-17(12-15-8-5-9-18-15)11-14-7-4-3-6-13(14)10-16/h3-9H,2,11-12H2,1H3. The van der Waals surface area contributed by atoms with E-state index in [0.29, 0.717) is 0 Å². The number of thiophene rings is 1. The van der Waals surface area contributed by atoms with E-state index in [4.69, 9.17) is 5.26 Å². The number of rotatable bonds is 5. The van der Waals surface area contributed by atoms with Gasteiger partial charge in [-0.25, -0.2) is 0 Å². The Morgan fingerprint density at radius 2 is 2.00 bits per heavy atom. The second-order valence-corrected chi connectivity index (χ2v) is 5.18. The van der Waals surface area contributed by atoms with Gasteiger partial charge in [-0.1, -0.05) is 31.2 Å². The van der Waals surface area contributed by atoms with Crippen LogP contribution in [0.25, 0.3) is 0 Å². The van der Waals surface area contributed by atoms with E-state index in [0.717, 1.165) is 30.8 Å². The van der Waals surface area contributed by atoms with Gasteiger partial charge in [0.15, 0.2) is 0 Å². The summed E-state index contributed by atoms with van der Waals surface area (Å²) in [4.78, 5) is 3.72. The van der Waals surface area contributed by atoms with Gasteiger partial charge < -0.3 is 0 Å². The summed E-state index contributed by atoms with van der Waals surface area (Å²) < 4.78 is 0. The lowest BCUT2D eigenvalue weighted by Gasteiger charge is -2.20. The third-order valence-electron chi connectivity index (χ3n) is 2.94. The van der Waals surface area contributed by atoms with E-state index in [9.17, 15) is 0 Å². The maximum atomic E-state index is 9.09. The van der Waals surface area contributed by atoms with Crippen LogP contribution in [0.3, 0.4) is 0 Å². The molecule has 92 valence electrons. The average molecular weight is 256 g/mol. The molecule has 0 saturated heterocycles. The number of benzene rings is 1. The second-order valence-electron chi connectivity index (χ2n) is 4.15. The highest BCUT2D eigenvalue weighted by atomic mass is 32.1. The SMILES string of the molecule is CCN(Cc1cccs1)Cc1ccccc1C#N. The van der Waals surface area contributed by atoms with Crippen molar-refractivity contribution in [2.75, 3.05) is 6.54 Å². The van der Waals surface area contributed by atoms with Crippen molar-refractivity contribution in [1.29, 1.82) is 5.26 Å². The van der Waals surface area contributed by atoms with Gasteiger partial charge in [0.1, 0.15) is 0 Å². The molecule has 0 bridgehead atoms. The van der Waals surface area contributed by atoms with Crippen molar-refractivity contribution in [3.8, 4) is 6.07 Å². The molecule has 0 fully saturated rings. The summed E-state index contributed by atoms with van der Waals surface area (Å²) in [5.41, 5.74) is 1.89. The lowest BCUT2D eigenvalue weighted by Crippen LogP contribution is -2.22. The molecule has 2 aromatic rings. The van der Waals surface area contributed by atoms with Crippen molar-refractivity contribution in [2.45, 2.75) is 20.0 Å². The van der Waals surface area contributed by atoms with Gasteiger partial charge in [0.2, 0.25) is 0 Å². The second kappa shape index (κ2) is 6.34. The lowest BCUT2D eigenvalue weighted by atomic mass is 10.1. The summed E-state index contributed by atoms with van der Waals surface area (Å²) in [5.74, 6) is 0. The third kappa shape index (κ3) is 3.19. The topological polar surface area (TPSA) is 27.0 Å². The van der Waals surface area contributed by atoms with Gasteiger partial charge in [0.05, 0.1) is 11.6 Å². The normalized spacial score (nSPS) is 10.5. The van der Waals surface area contributed by atoms with Crippen LogP contribution >= 0.6 is 11.3 Å². The van der Waals surface area contributed by atoms with Crippen molar-refractivity contribution in [2.24, 2.45) is 0 Å². The van der Waals surface area contributed by atoms with Crippen molar-refractivity contribution in [3.05, 3.63) is 57.8 Å². The number of nitriles is 1. The van der Waals surface area contributed by atoms with E-state index >= 15 is 0 Å². The smallest absolute Gasteiger partial charge is 0.0995 e. The van der Waals surface area contributed by atoms with E-state index in [2.05, 4.69) is 35.4 Å². The zero-order valence-corrected chi connectivity index (χ0v) is 11.3. The van der Waals surface area contributed by atoms with E-state index in [1.807, 2.05) is 24.3 Å². The fourth-order valence-electron chi connectivity index (χ4n) is 1.91. The van der Waals surface area contributed by atoms with Crippen LogP contribution in [-0.2, 0) is 13.1 Å². The molecule has 2 rings (SSSR count). The Morgan fingerprint density at radius 3 is 2.67 bits per heavy atom. The molecule has 0 aliphatic rings. The monoisotopic (exact) mass is 256 g/mol. The number of hydrogen-bond acceptors (Lipinski definition) is 3. The van der Waals surface area contributed by atoms with Gasteiger partial charge in [0, 0.05) is 18.0 Å². The van der Waals surface area contributed by atoms with Gasteiger partial charge in [-0.05, 0) is 29.6 Å². The van der Waals surface area contributed by atoms with Crippen LogP contribution in [0, 0.1) is 11.3 Å². The van der Waals surface area contributed by atoms with Crippen LogP contribution in [0.2, 0.25) is 0 Å². The molecule has 0 aliphatic heterocycles. The first-order chi connectivity index (χ1) is 8.83. The molecule has 1 aromatic carbocycles. The maximum absolute atomic E-state index is 9.09. The Hall–Kier alpha value is -1.63. The minimum absolute atomic E-state index is 0.780. The summed E-state index contributed by atoms with van der Waals surface area (Å²) in [6, 6.07) is 14.3. The predicted octanol–water partition coefficient (Wildman–Crippen LogP) is 3.64. The molecule has 0 radical (unpaired) electrons. The van der Waals surface area contributed by atoms with Crippen LogP contribution < -0.4 is 0 Å². The van der Waals surface area contributed by atoms with Gasteiger partial charge in [-0.3, -0.25) is 4.90 Å². The first-order valence-corrected chi connectivity index (χ1v) is 6.94. The quantitative estimate of drug-likeness (QED) is 0.816. The molecule has 0 amide bonds. The molecule has 18 heavy (non-hydrogen) atoms. The van der Waals surface area contributed by atoms with Crippen molar-refractivity contribution in [3.63, 3.8) is 0 Å². The van der Waals surface area contributed by atoms with Crippen molar-refractivity contribution in [1.82, 2.24) is 4.90 Å². The molecule has 0 N–H and O–H groups in total. The largest absolute Gasteiger partial charge is 0.294 e. The molecule has 0 unspecified atom stereocenters. The molecular weight excluding hydrogens is 240 g/mol. The predicted molar refractivity (Wildman–Crippen MR) is 75.3 cm³/mol. The van der Waals surface area contributed by atoms with Gasteiger partial charge in [-0.2, -0.15) is 5.26 Å². The summed E-state index contributed by atoms with van der Waals surface area (Å²) in [6.07, 6.45) is 0. The van der Waals surface area contributed by atoms with E-state index < -0.39 is 0 Å². The van der Waals surface area contributed by atoms with Gasteiger partial charge in [0.25, 0.3) is 0 Å². The zero-order chi connectivity index (χ0) is 12.8. The summed E-state index contributed by atoms with van der Waals surface area (Å²) >= 11 is 1.78. The van der Waals surface area contributed by atoms with Crippen LogP contribution in [0.5, 0.6) is 0 Å².